The molecule has 2 aromatic rings. The van der Waals surface area contributed by atoms with Crippen molar-refractivity contribution in [3.63, 3.8) is 0 Å². The maximum Gasteiger partial charge on any atom is 0.412 e. The number of ether oxygens (including phenoxy) is 3. The molecule has 26 heavy (non-hydrogen) atoms. The van der Waals surface area contributed by atoms with Crippen LogP contribution in [0.15, 0.2) is 48.5 Å². The molecule has 0 saturated heterocycles. The quantitative estimate of drug-likeness (QED) is 0.803. The molecule has 0 heterocycles. The monoisotopic (exact) mass is 357 g/mol. The minimum Gasteiger partial charge on any atom is -0.496 e. The second kappa shape index (κ2) is 8.38. The summed E-state index contributed by atoms with van der Waals surface area (Å²) in [7, 11) is 1.56. The van der Waals surface area contributed by atoms with Crippen LogP contribution < -0.4 is 10.1 Å². The van der Waals surface area contributed by atoms with E-state index in [9.17, 15) is 9.59 Å². The molecular weight excluding hydrogens is 334 g/mol. The third-order valence-electron chi connectivity index (χ3n) is 3.29. The van der Waals surface area contributed by atoms with Crippen LogP contribution in [0.4, 0.5) is 10.5 Å². The number of esters is 1. The standard InChI is InChI=1S/C20H23NO5/c1-20(2,3)26-19(23)21-16-10-7-9-14(12-16)18(22)25-13-15-8-5-6-11-17(15)24-4/h5-12H,13H2,1-4H3,(H,21,23). The number of para-hydroxylation sites is 1. The van der Waals surface area contributed by atoms with Gasteiger partial charge in [-0.2, -0.15) is 0 Å². The third kappa shape index (κ3) is 5.81. The Morgan fingerprint density at radius 1 is 1.04 bits per heavy atom. The molecule has 1 N–H and O–H groups in total. The van der Waals surface area contributed by atoms with Crippen molar-refractivity contribution in [2.24, 2.45) is 0 Å². The highest BCUT2D eigenvalue weighted by Crippen LogP contribution is 2.19. The molecular formula is C20H23NO5. The lowest BCUT2D eigenvalue weighted by Crippen LogP contribution is -2.27. The number of hydrogen-bond donors (Lipinski definition) is 1. The molecule has 0 spiro atoms. The van der Waals surface area contributed by atoms with Gasteiger partial charge in [0.15, 0.2) is 0 Å². The SMILES string of the molecule is COc1ccccc1COC(=O)c1cccc(NC(=O)OC(C)(C)C)c1. The van der Waals surface area contributed by atoms with Crippen LogP contribution in [0.5, 0.6) is 5.75 Å². The van der Waals surface area contributed by atoms with Crippen LogP contribution in [-0.4, -0.2) is 24.8 Å². The second-order valence-corrected chi connectivity index (χ2v) is 6.60. The van der Waals surface area contributed by atoms with E-state index in [2.05, 4.69) is 5.32 Å². The van der Waals surface area contributed by atoms with Gasteiger partial charge in [-0.3, -0.25) is 5.32 Å². The lowest BCUT2D eigenvalue weighted by molar-refractivity contribution is 0.0469. The average molecular weight is 357 g/mol. The normalized spacial score (nSPS) is 10.8. The molecule has 0 unspecified atom stereocenters. The molecule has 2 aromatic carbocycles. The highest BCUT2D eigenvalue weighted by Gasteiger charge is 2.17. The van der Waals surface area contributed by atoms with Crippen LogP contribution in [0.1, 0.15) is 36.7 Å². The average Bonchev–Trinajstić information content (AvgIpc) is 2.58. The molecule has 0 aliphatic heterocycles. The van der Waals surface area contributed by atoms with Crippen molar-refractivity contribution in [1.29, 1.82) is 0 Å². The van der Waals surface area contributed by atoms with E-state index >= 15 is 0 Å². The summed E-state index contributed by atoms with van der Waals surface area (Å²) in [4.78, 5) is 24.1. The molecule has 0 atom stereocenters. The fraction of sp³-hybridized carbons (Fsp3) is 0.300. The first kappa shape index (κ1) is 19.3. The van der Waals surface area contributed by atoms with Crippen LogP contribution in [0.2, 0.25) is 0 Å². The molecule has 6 heteroatoms. The lowest BCUT2D eigenvalue weighted by atomic mass is 10.2. The van der Waals surface area contributed by atoms with E-state index in [1.807, 2.05) is 18.2 Å². The molecule has 6 nitrogen and oxygen atoms in total. The van der Waals surface area contributed by atoms with Crippen molar-refractivity contribution in [2.75, 3.05) is 12.4 Å². The molecule has 0 aliphatic carbocycles. The Kier molecular flexibility index (Phi) is 6.22. The Balaban J connectivity index is 2.00. The van der Waals surface area contributed by atoms with E-state index in [4.69, 9.17) is 14.2 Å². The largest absolute Gasteiger partial charge is 0.496 e. The minimum absolute atomic E-state index is 0.0898. The van der Waals surface area contributed by atoms with Crippen LogP contribution in [0, 0.1) is 0 Å². The first-order valence-electron chi connectivity index (χ1n) is 8.17. The van der Waals surface area contributed by atoms with Gasteiger partial charge < -0.3 is 14.2 Å². The maximum absolute atomic E-state index is 12.3. The number of anilines is 1. The molecule has 0 fully saturated rings. The van der Waals surface area contributed by atoms with Crippen LogP contribution >= 0.6 is 0 Å². The number of carbonyl (C=O) groups excluding carboxylic acids is 2. The number of hydrogen-bond acceptors (Lipinski definition) is 5. The van der Waals surface area contributed by atoms with Gasteiger partial charge >= 0.3 is 12.1 Å². The van der Waals surface area contributed by atoms with Gasteiger partial charge in [-0.1, -0.05) is 24.3 Å². The van der Waals surface area contributed by atoms with Gasteiger partial charge in [0.05, 0.1) is 12.7 Å². The lowest BCUT2D eigenvalue weighted by Gasteiger charge is -2.19. The summed E-state index contributed by atoms with van der Waals surface area (Å²) in [5, 5.41) is 2.60. The fourth-order valence-electron chi connectivity index (χ4n) is 2.19. The zero-order valence-corrected chi connectivity index (χ0v) is 15.4. The van der Waals surface area contributed by atoms with Gasteiger partial charge in [0.25, 0.3) is 0 Å². The first-order valence-corrected chi connectivity index (χ1v) is 8.17. The van der Waals surface area contributed by atoms with Crippen molar-refractivity contribution in [3.8, 4) is 5.75 Å². The smallest absolute Gasteiger partial charge is 0.412 e. The van der Waals surface area contributed by atoms with Crippen LogP contribution in [0.25, 0.3) is 0 Å². The summed E-state index contributed by atoms with van der Waals surface area (Å²) in [6.45, 7) is 5.42. The van der Waals surface area contributed by atoms with Gasteiger partial charge in [0.2, 0.25) is 0 Å². The van der Waals surface area contributed by atoms with Crippen molar-refractivity contribution < 1.29 is 23.8 Å². The summed E-state index contributed by atoms with van der Waals surface area (Å²) < 4.78 is 15.8. The zero-order chi connectivity index (χ0) is 19.2. The van der Waals surface area contributed by atoms with Crippen LogP contribution in [-0.2, 0) is 16.1 Å². The molecule has 0 radical (unpaired) electrons. The van der Waals surface area contributed by atoms with Crippen molar-refractivity contribution in [2.45, 2.75) is 33.0 Å². The second-order valence-electron chi connectivity index (χ2n) is 6.60. The number of benzene rings is 2. The van der Waals surface area contributed by atoms with E-state index in [1.165, 1.54) is 6.07 Å². The Bertz CT molecular complexity index is 780. The fourth-order valence-corrected chi connectivity index (χ4v) is 2.19. The Hall–Kier alpha value is -3.02. The number of rotatable bonds is 5. The number of nitrogens with one attached hydrogen (secondary N) is 1. The predicted molar refractivity (Wildman–Crippen MR) is 98.4 cm³/mol. The van der Waals surface area contributed by atoms with Crippen LogP contribution in [0.3, 0.4) is 0 Å². The Morgan fingerprint density at radius 3 is 2.46 bits per heavy atom. The number of methoxy groups -OCH3 is 1. The van der Waals surface area contributed by atoms with Crippen molar-refractivity contribution in [1.82, 2.24) is 0 Å². The highest BCUT2D eigenvalue weighted by atomic mass is 16.6. The maximum atomic E-state index is 12.3. The van der Waals surface area contributed by atoms with E-state index in [1.54, 1.807) is 52.1 Å². The summed E-state index contributed by atoms with van der Waals surface area (Å²) in [5.74, 6) is 0.157. The third-order valence-corrected chi connectivity index (χ3v) is 3.29. The predicted octanol–water partition coefficient (Wildman–Crippen LogP) is 4.40. The summed E-state index contributed by atoms with van der Waals surface area (Å²) >= 11 is 0. The van der Waals surface area contributed by atoms with Gasteiger partial charge in [-0.25, -0.2) is 9.59 Å². The molecule has 0 saturated carbocycles. The van der Waals surface area contributed by atoms with Gasteiger partial charge in [0, 0.05) is 11.3 Å². The van der Waals surface area contributed by atoms with E-state index in [0.29, 0.717) is 17.0 Å². The van der Waals surface area contributed by atoms with Gasteiger partial charge in [-0.15, -0.1) is 0 Å². The summed E-state index contributed by atoms with van der Waals surface area (Å²) in [5.41, 5.74) is 0.945. The Labute approximate surface area is 153 Å². The highest BCUT2D eigenvalue weighted by molar-refractivity contribution is 5.92. The topological polar surface area (TPSA) is 73.9 Å². The van der Waals surface area contributed by atoms with E-state index in [0.717, 1.165) is 5.56 Å². The number of amides is 1. The van der Waals surface area contributed by atoms with Crippen molar-refractivity contribution in [3.05, 3.63) is 59.7 Å². The first-order chi connectivity index (χ1) is 12.3. The molecule has 2 rings (SSSR count). The Morgan fingerprint density at radius 2 is 1.77 bits per heavy atom. The summed E-state index contributed by atoms with van der Waals surface area (Å²) in [6.07, 6.45) is -0.586. The van der Waals surface area contributed by atoms with Gasteiger partial charge in [-0.05, 0) is 45.0 Å². The molecule has 138 valence electrons. The molecule has 0 aromatic heterocycles. The van der Waals surface area contributed by atoms with Gasteiger partial charge in [0.1, 0.15) is 18.0 Å². The van der Waals surface area contributed by atoms with E-state index in [-0.39, 0.29) is 6.61 Å². The molecule has 1 amide bonds. The number of carbonyl (C=O) groups is 2. The van der Waals surface area contributed by atoms with E-state index < -0.39 is 17.7 Å². The molecule has 0 aliphatic rings. The summed E-state index contributed by atoms with van der Waals surface area (Å²) in [6, 6.07) is 13.8. The zero-order valence-electron chi connectivity index (χ0n) is 15.4. The van der Waals surface area contributed by atoms with Crippen molar-refractivity contribution >= 4 is 17.7 Å². The minimum atomic E-state index is -0.602. The molecule has 0 bridgehead atoms.